The second kappa shape index (κ2) is 5.94. The summed E-state index contributed by atoms with van der Waals surface area (Å²) in [5.74, 6) is 1.46. The topological polar surface area (TPSA) is 43.1 Å². The summed E-state index contributed by atoms with van der Waals surface area (Å²) < 4.78 is 11.5. The molecule has 0 aromatic heterocycles. The molecule has 0 heterocycles. The molecule has 78 valence electrons. The highest BCUT2D eigenvalue weighted by Crippen LogP contribution is 2.07. The summed E-state index contributed by atoms with van der Waals surface area (Å²) in [6.45, 7) is 2.62. The maximum atomic E-state index is 11.5. The van der Waals surface area contributed by atoms with Crippen LogP contribution in [0.15, 0.2) is 24.3 Å². The van der Waals surface area contributed by atoms with E-state index in [2.05, 4.69) is 6.92 Å². The minimum atomic E-state index is -0.711. The van der Waals surface area contributed by atoms with Gasteiger partial charge in [-0.25, -0.2) is 0 Å². The Morgan fingerprint density at radius 2 is 1.79 bits per heavy atom. The van der Waals surface area contributed by atoms with Gasteiger partial charge >= 0.3 is 0 Å². The molecule has 1 rings (SSSR count). The molecular formula is C11H17NOS. The van der Waals surface area contributed by atoms with Gasteiger partial charge in [0.15, 0.2) is 0 Å². The Balaban J connectivity index is 2.55. The fourth-order valence-corrected chi connectivity index (χ4v) is 2.42. The largest absolute Gasteiger partial charge is 0.326 e. The lowest BCUT2D eigenvalue weighted by Gasteiger charge is -2.02. The van der Waals surface area contributed by atoms with Crippen LogP contribution >= 0.6 is 0 Å². The number of hydrogen-bond acceptors (Lipinski definition) is 2. The van der Waals surface area contributed by atoms with Gasteiger partial charge in [-0.05, 0) is 17.5 Å². The van der Waals surface area contributed by atoms with Crippen molar-refractivity contribution in [2.45, 2.75) is 25.6 Å². The summed E-state index contributed by atoms with van der Waals surface area (Å²) in [6, 6.07) is 8.02. The number of nitrogens with two attached hydrogens (primary N) is 1. The Morgan fingerprint density at radius 1 is 1.21 bits per heavy atom. The summed E-state index contributed by atoms with van der Waals surface area (Å²) >= 11 is 0. The molecule has 0 amide bonds. The third-order valence-electron chi connectivity index (χ3n) is 2.02. The van der Waals surface area contributed by atoms with Gasteiger partial charge in [-0.1, -0.05) is 31.2 Å². The fourth-order valence-electron chi connectivity index (χ4n) is 1.26. The van der Waals surface area contributed by atoms with E-state index in [1.165, 1.54) is 0 Å². The van der Waals surface area contributed by atoms with Crippen LogP contribution in [0.2, 0.25) is 0 Å². The van der Waals surface area contributed by atoms with Gasteiger partial charge in [-0.2, -0.15) is 0 Å². The zero-order valence-electron chi connectivity index (χ0n) is 8.53. The van der Waals surface area contributed by atoms with Crippen LogP contribution in [0.25, 0.3) is 0 Å². The first-order chi connectivity index (χ1) is 6.76. The Hall–Kier alpha value is -0.670. The van der Waals surface area contributed by atoms with Crippen LogP contribution in [0.3, 0.4) is 0 Å². The molecule has 0 aliphatic rings. The third-order valence-corrected chi connectivity index (χ3v) is 3.54. The average molecular weight is 211 g/mol. The molecule has 0 bridgehead atoms. The summed E-state index contributed by atoms with van der Waals surface area (Å²) in [4.78, 5) is 0. The van der Waals surface area contributed by atoms with Crippen LogP contribution < -0.4 is 5.73 Å². The zero-order valence-corrected chi connectivity index (χ0v) is 9.35. The quantitative estimate of drug-likeness (QED) is 0.807. The van der Waals surface area contributed by atoms with E-state index in [0.717, 1.165) is 23.3 Å². The van der Waals surface area contributed by atoms with Crippen molar-refractivity contribution in [1.82, 2.24) is 0 Å². The highest BCUT2D eigenvalue weighted by atomic mass is 32.2. The highest BCUT2D eigenvalue weighted by Gasteiger charge is 2.00. The average Bonchev–Trinajstić information content (AvgIpc) is 2.19. The molecule has 3 heteroatoms. The lowest BCUT2D eigenvalue weighted by molar-refractivity contribution is 0.681. The van der Waals surface area contributed by atoms with E-state index in [0.29, 0.717) is 12.3 Å². The van der Waals surface area contributed by atoms with E-state index in [1.807, 2.05) is 24.3 Å². The van der Waals surface area contributed by atoms with E-state index in [1.54, 1.807) is 0 Å². The molecule has 2 nitrogen and oxygen atoms in total. The molecule has 1 unspecified atom stereocenters. The third kappa shape index (κ3) is 3.60. The normalized spacial score (nSPS) is 12.7. The minimum absolute atomic E-state index is 0.568. The first kappa shape index (κ1) is 11.4. The molecule has 0 aliphatic heterocycles. The van der Waals surface area contributed by atoms with Gasteiger partial charge in [-0.3, -0.25) is 4.21 Å². The first-order valence-electron chi connectivity index (χ1n) is 4.89. The highest BCUT2D eigenvalue weighted by molar-refractivity contribution is 7.84. The van der Waals surface area contributed by atoms with Crippen LogP contribution in [0, 0.1) is 0 Å². The monoisotopic (exact) mass is 211 g/mol. The lowest BCUT2D eigenvalue weighted by Crippen LogP contribution is -2.01. The van der Waals surface area contributed by atoms with Gasteiger partial charge in [0, 0.05) is 28.9 Å². The number of rotatable bonds is 5. The predicted molar refractivity (Wildman–Crippen MR) is 61.3 cm³/mol. The Kier molecular flexibility index (Phi) is 4.84. The van der Waals surface area contributed by atoms with Crippen LogP contribution in [0.5, 0.6) is 0 Å². The first-order valence-corrected chi connectivity index (χ1v) is 6.38. The molecule has 0 fully saturated rings. The van der Waals surface area contributed by atoms with Gasteiger partial charge in [-0.15, -0.1) is 0 Å². The molecule has 0 aliphatic carbocycles. The standard InChI is InChI=1S/C11H17NOS/c1-2-7-14(13)9-11-5-3-10(8-12)4-6-11/h3-6H,2,7-9,12H2,1H3. The maximum Gasteiger partial charge on any atom is 0.0485 e. The van der Waals surface area contributed by atoms with Gasteiger partial charge in [0.05, 0.1) is 0 Å². The molecule has 0 saturated carbocycles. The molecule has 1 aromatic carbocycles. The van der Waals surface area contributed by atoms with E-state index < -0.39 is 10.8 Å². The van der Waals surface area contributed by atoms with Gasteiger partial charge in [0.2, 0.25) is 0 Å². The van der Waals surface area contributed by atoms with Crippen molar-refractivity contribution in [1.29, 1.82) is 0 Å². The molecule has 0 radical (unpaired) electrons. The van der Waals surface area contributed by atoms with E-state index in [9.17, 15) is 4.21 Å². The Labute approximate surface area is 88.0 Å². The van der Waals surface area contributed by atoms with Crippen molar-refractivity contribution >= 4 is 10.8 Å². The molecular weight excluding hydrogens is 194 g/mol. The summed E-state index contributed by atoms with van der Waals surface area (Å²) in [7, 11) is -0.711. The number of benzene rings is 1. The smallest absolute Gasteiger partial charge is 0.0485 e. The van der Waals surface area contributed by atoms with Gasteiger partial charge < -0.3 is 5.73 Å². The molecule has 2 N–H and O–H groups in total. The SMILES string of the molecule is CCCS(=O)Cc1ccc(CN)cc1. The van der Waals surface area contributed by atoms with Gasteiger partial charge in [0.1, 0.15) is 0 Å². The van der Waals surface area contributed by atoms with Crippen LogP contribution in [-0.4, -0.2) is 9.96 Å². The van der Waals surface area contributed by atoms with Crippen molar-refractivity contribution in [3.63, 3.8) is 0 Å². The van der Waals surface area contributed by atoms with Crippen LogP contribution in [0.4, 0.5) is 0 Å². The van der Waals surface area contributed by atoms with Crippen molar-refractivity contribution in [3.05, 3.63) is 35.4 Å². The summed E-state index contributed by atoms with van der Waals surface area (Å²) in [6.07, 6.45) is 0.980. The molecule has 1 aromatic rings. The Morgan fingerprint density at radius 3 is 2.29 bits per heavy atom. The van der Waals surface area contributed by atoms with Crippen molar-refractivity contribution < 1.29 is 4.21 Å². The molecule has 0 saturated heterocycles. The van der Waals surface area contributed by atoms with Crippen molar-refractivity contribution in [3.8, 4) is 0 Å². The van der Waals surface area contributed by atoms with Crippen LogP contribution in [0.1, 0.15) is 24.5 Å². The molecule has 14 heavy (non-hydrogen) atoms. The minimum Gasteiger partial charge on any atom is -0.326 e. The predicted octanol–water partition coefficient (Wildman–Crippen LogP) is 1.80. The van der Waals surface area contributed by atoms with E-state index in [4.69, 9.17) is 5.73 Å². The Bertz CT molecular complexity index is 295. The number of hydrogen-bond donors (Lipinski definition) is 1. The second-order valence-electron chi connectivity index (χ2n) is 3.31. The molecule has 1 atom stereocenters. The molecule has 0 spiro atoms. The summed E-state index contributed by atoms with van der Waals surface area (Å²) in [5.41, 5.74) is 7.74. The van der Waals surface area contributed by atoms with Gasteiger partial charge in [0.25, 0.3) is 0 Å². The maximum absolute atomic E-state index is 11.5. The summed E-state index contributed by atoms with van der Waals surface area (Å²) in [5, 5.41) is 0. The van der Waals surface area contributed by atoms with Crippen LogP contribution in [-0.2, 0) is 23.1 Å². The lowest BCUT2D eigenvalue weighted by atomic mass is 10.1. The van der Waals surface area contributed by atoms with Crippen molar-refractivity contribution in [2.75, 3.05) is 5.75 Å². The zero-order chi connectivity index (χ0) is 10.4. The second-order valence-corrected chi connectivity index (χ2v) is 4.89. The fraction of sp³-hybridized carbons (Fsp3) is 0.455. The van der Waals surface area contributed by atoms with E-state index >= 15 is 0 Å². The van der Waals surface area contributed by atoms with Crippen molar-refractivity contribution in [2.24, 2.45) is 5.73 Å². The van der Waals surface area contributed by atoms with E-state index in [-0.39, 0.29) is 0 Å².